The van der Waals surface area contributed by atoms with Gasteiger partial charge in [-0.05, 0) is 36.2 Å². The first kappa shape index (κ1) is 17.3. The quantitative estimate of drug-likeness (QED) is 0.622. The molecular formula is C17H18N2O5. The zero-order chi connectivity index (χ0) is 17.5. The Morgan fingerprint density at radius 3 is 2.67 bits per heavy atom. The number of hydrogen-bond donors (Lipinski definition) is 1. The first-order valence-electron chi connectivity index (χ1n) is 7.37. The molecule has 0 atom stereocenters. The first-order chi connectivity index (χ1) is 11.5. The second-order valence-electron chi connectivity index (χ2n) is 4.98. The van der Waals surface area contributed by atoms with Crippen LogP contribution in [0.1, 0.15) is 12.5 Å². The lowest BCUT2D eigenvalue weighted by molar-refractivity contribution is -0.384. The molecule has 0 saturated heterocycles. The Morgan fingerprint density at radius 2 is 2.00 bits per heavy atom. The first-order valence-corrected chi connectivity index (χ1v) is 7.37. The van der Waals surface area contributed by atoms with Crippen molar-refractivity contribution in [2.45, 2.75) is 13.3 Å². The minimum atomic E-state index is -0.580. The maximum atomic E-state index is 12.0. The van der Waals surface area contributed by atoms with E-state index in [0.717, 1.165) is 12.0 Å². The lowest BCUT2D eigenvalue weighted by Crippen LogP contribution is -2.20. The van der Waals surface area contributed by atoms with Crippen molar-refractivity contribution < 1.29 is 19.2 Å². The summed E-state index contributed by atoms with van der Waals surface area (Å²) in [6.07, 6.45) is 0.863. The standard InChI is InChI=1S/C17H18N2O5/c1-3-12-5-4-6-14(9-12)24-11-17(20)18-15-8-7-13(23-2)10-16(15)19(21)22/h4-10H,3,11H2,1-2H3,(H,18,20). The molecule has 0 aliphatic rings. The van der Waals surface area contributed by atoms with Gasteiger partial charge in [-0.1, -0.05) is 19.1 Å². The molecule has 0 aliphatic carbocycles. The van der Waals surface area contributed by atoms with Crippen molar-refractivity contribution in [2.24, 2.45) is 0 Å². The molecule has 0 bridgehead atoms. The van der Waals surface area contributed by atoms with Crippen LogP contribution in [0.15, 0.2) is 42.5 Å². The van der Waals surface area contributed by atoms with Crippen LogP contribution in [0.5, 0.6) is 11.5 Å². The van der Waals surface area contributed by atoms with E-state index in [0.29, 0.717) is 11.5 Å². The average Bonchev–Trinajstić information content (AvgIpc) is 2.60. The summed E-state index contributed by atoms with van der Waals surface area (Å²) in [4.78, 5) is 22.5. The van der Waals surface area contributed by atoms with Gasteiger partial charge < -0.3 is 14.8 Å². The Bertz CT molecular complexity index is 746. The zero-order valence-corrected chi connectivity index (χ0v) is 13.4. The summed E-state index contributed by atoms with van der Waals surface area (Å²) in [5, 5.41) is 13.6. The van der Waals surface area contributed by atoms with Crippen LogP contribution >= 0.6 is 0 Å². The van der Waals surface area contributed by atoms with E-state index in [-0.39, 0.29) is 18.0 Å². The van der Waals surface area contributed by atoms with Crippen molar-refractivity contribution >= 4 is 17.3 Å². The molecule has 126 valence electrons. The number of benzene rings is 2. The van der Waals surface area contributed by atoms with Crippen molar-refractivity contribution in [1.29, 1.82) is 0 Å². The summed E-state index contributed by atoms with van der Waals surface area (Å²) < 4.78 is 10.4. The molecule has 0 saturated carbocycles. The minimum absolute atomic E-state index is 0.0942. The van der Waals surface area contributed by atoms with E-state index < -0.39 is 10.8 Å². The second kappa shape index (κ2) is 7.96. The summed E-state index contributed by atoms with van der Waals surface area (Å²) in [5.74, 6) is 0.436. The topological polar surface area (TPSA) is 90.7 Å². The van der Waals surface area contributed by atoms with Crippen molar-refractivity contribution in [3.63, 3.8) is 0 Å². The Hall–Kier alpha value is -3.09. The summed E-state index contributed by atoms with van der Waals surface area (Å²) in [7, 11) is 1.41. The normalized spacial score (nSPS) is 10.1. The number of aryl methyl sites for hydroxylation is 1. The fourth-order valence-corrected chi connectivity index (χ4v) is 2.09. The maximum Gasteiger partial charge on any atom is 0.296 e. The Kier molecular flexibility index (Phi) is 5.73. The molecule has 0 radical (unpaired) electrons. The van der Waals surface area contributed by atoms with Gasteiger partial charge in [-0.3, -0.25) is 14.9 Å². The van der Waals surface area contributed by atoms with Crippen LogP contribution in [0.25, 0.3) is 0 Å². The number of amides is 1. The third-order valence-corrected chi connectivity index (χ3v) is 3.35. The van der Waals surface area contributed by atoms with Crippen molar-refractivity contribution in [3.05, 3.63) is 58.1 Å². The highest BCUT2D eigenvalue weighted by Gasteiger charge is 2.17. The Balaban J connectivity index is 2.03. The molecule has 0 heterocycles. The number of rotatable bonds is 7. The molecule has 7 heteroatoms. The number of methoxy groups -OCH3 is 1. The number of carbonyl (C=O) groups excluding carboxylic acids is 1. The largest absolute Gasteiger partial charge is 0.496 e. The van der Waals surface area contributed by atoms with E-state index in [1.54, 1.807) is 6.07 Å². The molecule has 2 aromatic carbocycles. The lowest BCUT2D eigenvalue weighted by atomic mass is 10.2. The zero-order valence-electron chi connectivity index (χ0n) is 13.4. The number of ether oxygens (including phenoxy) is 2. The molecule has 0 unspecified atom stereocenters. The number of carbonyl (C=O) groups is 1. The minimum Gasteiger partial charge on any atom is -0.496 e. The molecular weight excluding hydrogens is 312 g/mol. The van der Waals surface area contributed by atoms with E-state index in [1.807, 2.05) is 25.1 Å². The van der Waals surface area contributed by atoms with Crippen LogP contribution in [0.3, 0.4) is 0 Å². The van der Waals surface area contributed by atoms with Crippen LogP contribution in [-0.2, 0) is 11.2 Å². The van der Waals surface area contributed by atoms with Gasteiger partial charge in [-0.15, -0.1) is 0 Å². The van der Waals surface area contributed by atoms with Gasteiger partial charge in [0.15, 0.2) is 6.61 Å². The van der Waals surface area contributed by atoms with Gasteiger partial charge in [0, 0.05) is 0 Å². The molecule has 0 aromatic heterocycles. The Labute approximate surface area is 139 Å². The number of nitrogens with zero attached hydrogens (tertiary/aromatic N) is 1. The van der Waals surface area contributed by atoms with E-state index >= 15 is 0 Å². The molecule has 1 amide bonds. The van der Waals surface area contributed by atoms with E-state index in [4.69, 9.17) is 9.47 Å². The van der Waals surface area contributed by atoms with Crippen LogP contribution in [-0.4, -0.2) is 24.5 Å². The van der Waals surface area contributed by atoms with Crippen LogP contribution in [0, 0.1) is 10.1 Å². The van der Waals surface area contributed by atoms with E-state index in [2.05, 4.69) is 5.32 Å². The predicted octanol–water partition coefficient (Wildman–Crippen LogP) is 3.18. The van der Waals surface area contributed by atoms with Crippen molar-refractivity contribution in [3.8, 4) is 11.5 Å². The Morgan fingerprint density at radius 1 is 1.21 bits per heavy atom. The third kappa shape index (κ3) is 4.45. The monoisotopic (exact) mass is 330 g/mol. The van der Waals surface area contributed by atoms with Gasteiger partial charge in [-0.25, -0.2) is 0 Å². The average molecular weight is 330 g/mol. The summed E-state index contributed by atoms with van der Waals surface area (Å²) >= 11 is 0. The highest BCUT2D eigenvalue weighted by atomic mass is 16.6. The van der Waals surface area contributed by atoms with Gasteiger partial charge in [0.2, 0.25) is 0 Å². The highest BCUT2D eigenvalue weighted by Crippen LogP contribution is 2.28. The fraction of sp³-hybridized carbons (Fsp3) is 0.235. The van der Waals surface area contributed by atoms with Crippen LogP contribution in [0.2, 0.25) is 0 Å². The summed E-state index contributed by atoms with van der Waals surface area (Å²) in [5.41, 5.74) is 0.950. The fourth-order valence-electron chi connectivity index (χ4n) is 2.09. The number of nitro benzene ring substituents is 1. The number of hydrogen-bond acceptors (Lipinski definition) is 5. The van der Waals surface area contributed by atoms with Crippen LogP contribution in [0.4, 0.5) is 11.4 Å². The molecule has 0 fully saturated rings. The maximum absolute atomic E-state index is 12.0. The molecule has 2 rings (SSSR count). The molecule has 1 N–H and O–H groups in total. The van der Waals surface area contributed by atoms with Crippen molar-refractivity contribution in [2.75, 3.05) is 19.0 Å². The summed E-state index contributed by atoms with van der Waals surface area (Å²) in [6.45, 7) is 1.78. The van der Waals surface area contributed by atoms with E-state index in [9.17, 15) is 14.9 Å². The van der Waals surface area contributed by atoms with Gasteiger partial charge >= 0.3 is 0 Å². The van der Waals surface area contributed by atoms with Gasteiger partial charge in [0.25, 0.3) is 11.6 Å². The third-order valence-electron chi connectivity index (χ3n) is 3.35. The molecule has 7 nitrogen and oxygen atoms in total. The highest BCUT2D eigenvalue weighted by molar-refractivity contribution is 5.94. The number of nitrogens with one attached hydrogen (secondary N) is 1. The molecule has 0 aliphatic heterocycles. The van der Waals surface area contributed by atoms with Crippen molar-refractivity contribution in [1.82, 2.24) is 0 Å². The molecule has 2 aromatic rings. The van der Waals surface area contributed by atoms with Gasteiger partial charge in [0.1, 0.15) is 17.2 Å². The summed E-state index contributed by atoms with van der Waals surface area (Å²) in [6, 6.07) is 11.6. The number of nitro groups is 1. The van der Waals surface area contributed by atoms with E-state index in [1.165, 1.54) is 25.3 Å². The predicted molar refractivity (Wildman–Crippen MR) is 89.6 cm³/mol. The molecule has 24 heavy (non-hydrogen) atoms. The van der Waals surface area contributed by atoms with Gasteiger partial charge in [-0.2, -0.15) is 0 Å². The SMILES string of the molecule is CCc1cccc(OCC(=O)Nc2ccc(OC)cc2[N+](=O)[O-])c1. The number of anilines is 1. The van der Waals surface area contributed by atoms with Gasteiger partial charge in [0.05, 0.1) is 18.1 Å². The molecule has 0 spiro atoms. The lowest BCUT2D eigenvalue weighted by Gasteiger charge is -2.09. The second-order valence-corrected chi connectivity index (χ2v) is 4.98. The van der Waals surface area contributed by atoms with Crippen LogP contribution < -0.4 is 14.8 Å². The smallest absolute Gasteiger partial charge is 0.296 e.